The molecule has 0 aliphatic carbocycles. The number of methoxy groups -OCH3 is 1. The third-order valence-electron chi connectivity index (χ3n) is 6.12. The van der Waals surface area contributed by atoms with Crippen molar-refractivity contribution < 1.29 is 23.0 Å². The normalized spacial score (nSPS) is 24.0. The van der Waals surface area contributed by atoms with E-state index in [0.29, 0.717) is 36.9 Å². The number of hydrogen-bond donors (Lipinski definition) is 1. The molecule has 0 radical (unpaired) electrons. The van der Waals surface area contributed by atoms with Gasteiger partial charge in [0.15, 0.2) is 11.6 Å². The van der Waals surface area contributed by atoms with E-state index in [4.69, 9.17) is 20.2 Å². The average molecular weight is 434 g/mol. The van der Waals surface area contributed by atoms with Crippen molar-refractivity contribution in [3.8, 4) is 17.0 Å². The fourth-order valence-corrected chi connectivity index (χ4v) is 4.36. The lowest BCUT2D eigenvalue weighted by Crippen LogP contribution is -2.61. The third kappa shape index (κ3) is 3.72. The predicted molar refractivity (Wildman–Crippen MR) is 109 cm³/mol. The van der Waals surface area contributed by atoms with E-state index in [1.54, 1.807) is 7.11 Å². The molecule has 2 atom stereocenters. The monoisotopic (exact) mass is 434 g/mol. The van der Waals surface area contributed by atoms with Crippen molar-refractivity contribution in [2.45, 2.75) is 37.7 Å². The van der Waals surface area contributed by atoms with Gasteiger partial charge in [0.05, 0.1) is 37.5 Å². The van der Waals surface area contributed by atoms with E-state index in [1.165, 1.54) is 12.3 Å². The van der Waals surface area contributed by atoms with Crippen LogP contribution in [0.4, 0.5) is 26.4 Å². The van der Waals surface area contributed by atoms with Crippen molar-refractivity contribution in [2.75, 3.05) is 48.9 Å². The van der Waals surface area contributed by atoms with E-state index in [0.717, 1.165) is 18.8 Å². The highest BCUT2D eigenvalue weighted by Crippen LogP contribution is 2.36. The molecule has 31 heavy (non-hydrogen) atoms. The number of nitrogens with two attached hydrogens (primary N) is 1. The van der Waals surface area contributed by atoms with Gasteiger partial charge >= 0.3 is 6.61 Å². The molecule has 2 unspecified atom stereocenters. The van der Waals surface area contributed by atoms with Crippen LogP contribution in [0.1, 0.15) is 13.3 Å². The van der Waals surface area contributed by atoms with Crippen molar-refractivity contribution in [1.82, 2.24) is 15.0 Å². The molecule has 0 spiro atoms. The van der Waals surface area contributed by atoms with Crippen LogP contribution in [0.25, 0.3) is 11.3 Å². The van der Waals surface area contributed by atoms with Gasteiger partial charge in [-0.3, -0.25) is 0 Å². The van der Waals surface area contributed by atoms with Crippen LogP contribution in [0.5, 0.6) is 5.75 Å². The maximum atomic E-state index is 12.8. The van der Waals surface area contributed by atoms with Crippen LogP contribution in [0.15, 0.2) is 18.3 Å². The summed E-state index contributed by atoms with van der Waals surface area (Å²) in [6.45, 7) is 1.77. The first-order chi connectivity index (χ1) is 14.8. The average Bonchev–Trinajstić information content (AvgIpc) is 3.36. The fourth-order valence-electron chi connectivity index (χ4n) is 4.36. The van der Waals surface area contributed by atoms with Gasteiger partial charge in [-0.1, -0.05) is 0 Å². The Labute approximate surface area is 178 Å². The first kappa shape index (κ1) is 20.1. The molecule has 5 rings (SSSR count). The zero-order valence-electron chi connectivity index (χ0n) is 17.3. The van der Waals surface area contributed by atoms with Gasteiger partial charge in [-0.2, -0.15) is 13.8 Å². The number of aromatic nitrogens is 3. The van der Waals surface area contributed by atoms with Crippen molar-refractivity contribution in [3.63, 3.8) is 0 Å². The van der Waals surface area contributed by atoms with Crippen molar-refractivity contribution in [3.05, 3.63) is 18.3 Å². The molecule has 0 saturated carbocycles. The quantitative estimate of drug-likeness (QED) is 0.731. The largest absolute Gasteiger partial charge is 0.431 e. The lowest BCUT2D eigenvalue weighted by molar-refractivity contribution is -0.0494. The van der Waals surface area contributed by atoms with Gasteiger partial charge in [0.25, 0.3) is 0 Å². The van der Waals surface area contributed by atoms with E-state index in [2.05, 4.69) is 19.6 Å². The predicted octanol–water partition coefficient (Wildman–Crippen LogP) is 1.92. The second kappa shape index (κ2) is 7.41. The standard InChI is InChI=1S/C20H24F2N6O3/c1-20(29-2)9-27(10-20)19-25-14(11-3-15(31-18(21)22)17(23)24-6-11)5-16(26-19)28-7-13-4-12(28)8-30-13/h3,5-6,12-13,18H,4,7-10H2,1-2H3,(H2,23,24). The molecule has 3 saturated heterocycles. The lowest BCUT2D eigenvalue weighted by Gasteiger charge is -2.47. The van der Waals surface area contributed by atoms with E-state index in [-0.39, 0.29) is 29.3 Å². The second-order valence-corrected chi connectivity index (χ2v) is 8.40. The number of morpholine rings is 1. The Kier molecular flexibility index (Phi) is 4.82. The molecule has 0 amide bonds. The minimum Gasteiger partial charge on any atom is -0.431 e. The number of alkyl halides is 2. The molecule has 2 bridgehead atoms. The first-order valence-electron chi connectivity index (χ1n) is 10.1. The van der Waals surface area contributed by atoms with Crippen molar-refractivity contribution in [2.24, 2.45) is 0 Å². The number of rotatable bonds is 6. The van der Waals surface area contributed by atoms with Gasteiger partial charge in [-0.15, -0.1) is 0 Å². The van der Waals surface area contributed by atoms with Crippen LogP contribution in [0.2, 0.25) is 0 Å². The molecule has 5 heterocycles. The van der Waals surface area contributed by atoms with Crippen LogP contribution in [-0.2, 0) is 9.47 Å². The summed E-state index contributed by atoms with van der Waals surface area (Å²) in [5, 5.41) is 0. The number of nitrogen functional groups attached to an aromatic ring is 1. The smallest absolute Gasteiger partial charge is 0.387 e. The Morgan fingerprint density at radius 3 is 2.74 bits per heavy atom. The maximum absolute atomic E-state index is 12.8. The molecule has 0 aromatic carbocycles. The number of hydrogen-bond acceptors (Lipinski definition) is 9. The maximum Gasteiger partial charge on any atom is 0.387 e. The first-order valence-corrected chi connectivity index (χ1v) is 10.1. The molecule has 2 aromatic rings. The Balaban J connectivity index is 1.52. The summed E-state index contributed by atoms with van der Waals surface area (Å²) in [5.74, 6) is 1.04. The molecule has 2 aromatic heterocycles. The highest BCUT2D eigenvalue weighted by molar-refractivity contribution is 5.68. The van der Waals surface area contributed by atoms with E-state index in [9.17, 15) is 8.78 Å². The molecule has 11 heteroatoms. The summed E-state index contributed by atoms with van der Waals surface area (Å²) in [7, 11) is 1.69. The summed E-state index contributed by atoms with van der Waals surface area (Å²) in [5.41, 5.74) is 6.52. The van der Waals surface area contributed by atoms with Crippen molar-refractivity contribution in [1.29, 1.82) is 0 Å². The second-order valence-electron chi connectivity index (χ2n) is 8.40. The number of ether oxygens (including phenoxy) is 3. The molecular formula is C20H24F2N6O3. The molecule has 9 nitrogen and oxygen atoms in total. The van der Waals surface area contributed by atoms with Crippen LogP contribution in [0, 0.1) is 0 Å². The zero-order valence-corrected chi connectivity index (χ0v) is 17.3. The van der Waals surface area contributed by atoms with Gasteiger partial charge in [0.2, 0.25) is 5.95 Å². The van der Waals surface area contributed by atoms with Crippen LogP contribution in [0.3, 0.4) is 0 Å². The van der Waals surface area contributed by atoms with Crippen LogP contribution >= 0.6 is 0 Å². The Morgan fingerprint density at radius 1 is 1.29 bits per heavy atom. The Bertz CT molecular complexity index is 987. The topological polar surface area (TPSA) is 98.9 Å². The Hall–Kier alpha value is -2.79. The van der Waals surface area contributed by atoms with Crippen molar-refractivity contribution >= 4 is 17.6 Å². The summed E-state index contributed by atoms with van der Waals surface area (Å²) < 4.78 is 41.3. The number of fused-ring (bicyclic) bond motifs is 2. The van der Waals surface area contributed by atoms with Gasteiger partial charge in [0.1, 0.15) is 11.4 Å². The highest BCUT2D eigenvalue weighted by atomic mass is 19.3. The van der Waals surface area contributed by atoms with E-state index >= 15 is 0 Å². The number of pyridine rings is 1. The summed E-state index contributed by atoms with van der Waals surface area (Å²) in [6.07, 6.45) is 2.67. The van der Waals surface area contributed by atoms with Gasteiger partial charge < -0.3 is 29.7 Å². The summed E-state index contributed by atoms with van der Waals surface area (Å²) in [6, 6.07) is 3.54. The molecule has 3 fully saturated rings. The van der Waals surface area contributed by atoms with Gasteiger partial charge in [-0.25, -0.2) is 9.97 Å². The number of halogens is 2. The highest BCUT2D eigenvalue weighted by Gasteiger charge is 2.42. The minimum absolute atomic E-state index is 0.105. The Morgan fingerprint density at radius 2 is 2.10 bits per heavy atom. The van der Waals surface area contributed by atoms with E-state index < -0.39 is 6.61 Å². The molecular weight excluding hydrogens is 410 g/mol. The van der Waals surface area contributed by atoms with Crippen LogP contribution < -0.4 is 20.3 Å². The fraction of sp³-hybridized carbons (Fsp3) is 0.550. The SMILES string of the molecule is COC1(C)CN(c2nc(-c3cnc(N)c(OC(F)F)c3)cc(N3CC4CC3CO4)n2)C1. The number of anilines is 3. The molecule has 166 valence electrons. The summed E-state index contributed by atoms with van der Waals surface area (Å²) >= 11 is 0. The number of nitrogens with zero attached hydrogens (tertiary/aromatic N) is 5. The van der Waals surface area contributed by atoms with Crippen LogP contribution in [-0.4, -0.2) is 72.7 Å². The molecule has 3 aliphatic heterocycles. The molecule has 2 N–H and O–H groups in total. The zero-order chi connectivity index (χ0) is 21.8. The minimum atomic E-state index is -3.00. The van der Waals surface area contributed by atoms with E-state index in [1.807, 2.05) is 17.9 Å². The van der Waals surface area contributed by atoms with Gasteiger partial charge in [-0.05, 0) is 19.4 Å². The summed E-state index contributed by atoms with van der Waals surface area (Å²) in [4.78, 5) is 17.8. The lowest BCUT2D eigenvalue weighted by atomic mass is 9.97. The van der Waals surface area contributed by atoms with Gasteiger partial charge in [0, 0.05) is 31.5 Å². The molecule has 3 aliphatic rings. The third-order valence-corrected chi connectivity index (χ3v) is 6.12.